The van der Waals surface area contributed by atoms with Crippen molar-refractivity contribution in [2.75, 3.05) is 0 Å². The fourth-order valence-electron chi connectivity index (χ4n) is 0. The van der Waals surface area contributed by atoms with Gasteiger partial charge in [-0.2, -0.15) is 0 Å². The Balaban J connectivity index is -0.0000000400. The third-order valence-corrected chi connectivity index (χ3v) is 0. The van der Waals surface area contributed by atoms with Gasteiger partial charge in [0.25, 0.3) is 0 Å². The predicted molar refractivity (Wildman–Crippen MR) is 19.4 cm³/mol. The Hall–Kier alpha value is -0.318. The molecular formula is C2H2CdN4. The minimum Gasteiger partial charge on any atom is -0.408 e. The molecule has 0 spiro atoms. The molecule has 0 bridgehead atoms. The number of rotatable bonds is 0. The van der Waals surface area contributed by atoms with Crippen LogP contribution in [0, 0.1) is 0 Å². The van der Waals surface area contributed by atoms with Crippen LogP contribution in [0.2, 0.25) is 0 Å². The molecule has 32 valence electrons. The molecule has 0 radical (unpaired) electrons. The maximum absolute atomic E-state index is 6.97. The van der Waals surface area contributed by atoms with Crippen LogP contribution in [-0.4, -0.2) is 23.0 Å². The zero-order valence-electron chi connectivity index (χ0n) is 3.65. The number of hydrogen-bond donors (Lipinski definition) is 0. The van der Waals surface area contributed by atoms with Gasteiger partial charge in [0, 0.05) is 0 Å². The predicted octanol–water partition coefficient (Wildman–Crippen LogP) is -0.415. The molecule has 0 aliphatic heterocycles. The molecule has 0 aromatic heterocycles. The maximum atomic E-state index is 6.97. The molecule has 0 unspecified atom stereocenters. The van der Waals surface area contributed by atoms with Gasteiger partial charge in [0.05, 0.1) is 0 Å². The van der Waals surface area contributed by atoms with E-state index in [-0.39, 0.29) is 27.3 Å². The fourth-order valence-corrected chi connectivity index (χ4v) is 0. The van der Waals surface area contributed by atoms with Crippen LogP contribution in [0.5, 0.6) is 0 Å². The van der Waals surface area contributed by atoms with Crippen molar-refractivity contribution in [1.82, 2.24) is 0 Å². The van der Waals surface area contributed by atoms with E-state index < -0.39 is 0 Å². The van der Waals surface area contributed by atoms with Gasteiger partial charge in [0.15, 0.2) is 0 Å². The second-order valence-electron chi connectivity index (χ2n) is 0.231. The molecule has 0 amide bonds. The fraction of sp³-hybridized carbons (Fsp3) is 0. The Labute approximate surface area is 61.6 Å². The average Bonchev–Trinajstić information content (AvgIpc) is 1.39. The van der Waals surface area contributed by atoms with Gasteiger partial charge in [-0.1, -0.05) is 13.4 Å². The van der Waals surface area contributed by atoms with E-state index in [1.807, 2.05) is 9.58 Å². The van der Waals surface area contributed by atoms with Gasteiger partial charge >= 0.3 is 27.3 Å². The Bertz CT molecular complexity index is 63.7. The first-order valence-corrected chi connectivity index (χ1v) is 0.916. The third kappa shape index (κ3) is 762. The van der Waals surface area contributed by atoms with Gasteiger partial charge in [0.1, 0.15) is 0 Å². The Morgan fingerprint density at radius 3 is 1.00 bits per heavy atom. The van der Waals surface area contributed by atoms with Gasteiger partial charge < -0.3 is 20.6 Å². The monoisotopic (exact) mass is 196 g/mol. The standard InChI is InChI=1S/2CHN2.Cd/c2*1-3-2;/h2*1H;/q2*-1;+2. The van der Waals surface area contributed by atoms with Crippen molar-refractivity contribution in [3.63, 3.8) is 0 Å². The van der Waals surface area contributed by atoms with Crippen molar-refractivity contribution in [1.29, 1.82) is 0 Å². The van der Waals surface area contributed by atoms with Crippen LogP contribution in [0.1, 0.15) is 0 Å². The Morgan fingerprint density at radius 1 is 1.00 bits per heavy atom. The molecule has 7 heavy (non-hydrogen) atoms. The summed E-state index contributed by atoms with van der Waals surface area (Å²) in [6.45, 7) is 8.06. The quantitative estimate of drug-likeness (QED) is 0.165. The van der Waals surface area contributed by atoms with E-state index in [0.29, 0.717) is 0 Å². The third-order valence-electron chi connectivity index (χ3n) is 0. The molecule has 0 rings (SSSR count). The zero-order valence-corrected chi connectivity index (χ0v) is 7.69. The van der Waals surface area contributed by atoms with E-state index in [4.69, 9.17) is 11.1 Å². The van der Waals surface area contributed by atoms with E-state index in [0.717, 1.165) is 0 Å². The molecule has 0 aliphatic carbocycles. The van der Waals surface area contributed by atoms with E-state index in [1.165, 1.54) is 0 Å². The molecule has 0 saturated heterocycles. The molecule has 4 nitrogen and oxygen atoms in total. The summed E-state index contributed by atoms with van der Waals surface area (Å²) >= 11 is 0. The first-order chi connectivity index (χ1) is 2.83. The summed E-state index contributed by atoms with van der Waals surface area (Å²) in [5.74, 6) is 0. The largest absolute Gasteiger partial charge is 2.00 e. The number of nitrogens with zero attached hydrogens (tertiary/aromatic N) is 4. The summed E-state index contributed by atoms with van der Waals surface area (Å²) in [4.78, 5) is 4.00. The second-order valence-corrected chi connectivity index (χ2v) is 0.231. The molecule has 0 heterocycles. The van der Waals surface area contributed by atoms with Crippen molar-refractivity contribution in [3.8, 4) is 0 Å². The summed E-state index contributed by atoms with van der Waals surface area (Å²) in [5.41, 5.74) is 13.9. The van der Waals surface area contributed by atoms with Gasteiger partial charge in [-0.05, 0) is 0 Å². The van der Waals surface area contributed by atoms with E-state index in [9.17, 15) is 0 Å². The van der Waals surface area contributed by atoms with Gasteiger partial charge in [-0.3, -0.25) is 0 Å². The summed E-state index contributed by atoms with van der Waals surface area (Å²) in [5, 5.41) is 0. The summed E-state index contributed by atoms with van der Waals surface area (Å²) in [7, 11) is 0. The Morgan fingerprint density at radius 2 is 1.00 bits per heavy atom. The van der Waals surface area contributed by atoms with E-state index in [1.54, 1.807) is 0 Å². The molecule has 0 saturated carbocycles. The van der Waals surface area contributed by atoms with Crippen molar-refractivity contribution in [2.24, 2.45) is 0 Å². The maximum Gasteiger partial charge on any atom is 2.00 e. The van der Waals surface area contributed by atoms with Crippen LogP contribution >= 0.6 is 0 Å². The van der Waals surface area contributed by atoms with Crippen LogP contribution in [0.15, 0.2) is 0 Å². The summed E-state index contributed by atoms with van der Waals surface area (Å²) in [6.07, 6.45) is 0. The van der Waals surface area contributed by atoms with Crippen LogP contribution in [0.4, 0.5) is 0 Å². The van der Waals surface area contributed by atoms with Crippen molar-refractivity contribution >= 4 is 13.4 Å². The number of hydrogen-bond acceptors (Lipinski definition) is 0. The SMILES string of the molecule is [CH-]=[N+]=[N-].[CH-]=[N+]=[N-].[Cd+2]. The van der Waals surface area contributed by atoms with Gasteiger partial charge in [0.2, 0.25) is 0 Å². The van der Waals surface area contributed by atoms with Crippen LogP contribution in [0.25, 0.3) is 11.1 Å². The minimum absolute atomic E-state index is 0. The molecule has 0 aliphatic rings. The molecule has 0 aromatic rings. The summed E-state index contributed by atoms with van der Waals surface area (Å²) < 4.78 is 0. The Kier molecular flexibility index (Phi) is 100. The van der Waals surface area contributed by atoms with Crippen LogP contribution < -0.4 is 0 Å². The van der Waals surface area contributed by atoms with Crippen molar-refractivity contribution in [2.45, 2.75) is 0 Å². The van der Waals surface area contributed by atoms with Gasteiger partial charge in [-0.25, -0.2) is 0 Å². The first kappa shape index (κ1) is 15.9. The van der Waals surface area contributed by atoms with Crippen molar-refractivity contribution < 1.29 is 36.9 Å². The van der Waals surface area contributed by atoms with Crippen molar-refractivity contribution in [3.05, 3.63) is 11.1 Å². The van der Waals surface area contributed by atoms with E-state index in [2.05, 4.69) is 13.4 Å². The van der Waals surface area contributed by atoms with Crippen LogP contribution in [0.3, 0.4) is 0 Å². The van der Waals surface area contributed by atoms with Crippen LogP contribution in [-0.2, 0) is 27.3 Å². The molecule has 0 aromatic carbocycles. The van der Waals surface area contributed by atoms with Gasteiger partial charge in [-0.15, -0.1) is 0 Å². The average molecular weight is 194 g/mol. The molecule has 0 fully saturated rings. The zero-order chi connectivity index (χ0) is 5.41. The topological polar surface area (TPSA) is 72.8 Å². The smallest absolute Gasteiger partial charge is 0.408 e. The molecule has 0 N–H and O–H groups in total. The normalized spacial score (nSPS) is 2.29. The molecule has 0 atom stereocenters. The summed E-state index contributed by atoms with van der Waals surface area (Å²) in [6, 6.07) is 0. The first-order valence-electron chi connectivity index (χ1n) is 0.916. The molecular weight excluding hydrogens is 192 g/mol. The molecule has 5 heteroatoms. The minimum atomic E-state index is 0. The second kappa shape index (κ2) is 44.0. The van der Waals surface area contributed by atoms with E-state index >= 15 is 0 Å².